The fourth-order valence-electron chi connectivity index (χ4n) is 2.00. The van der Waals surface area contributed by atoms with Crippen molar-refractivity contribution in [3.05, 3.63) is 32.8 Å². The highest BCUT2D eigenvalue weighted by Gasteiger charge is 2.15. The fourth-order valence-corrected chi connectivity index (χ4v) is 2.35. The molecule has 0 saturated heterocycles. The number of nitrogens with one attached hydrogen (secondary N) is 1. The summed E-state index contributed by atoms with van der Waals surface area (Å²) in [5, 5.41) is 14.2. The zero-order chi connectivity index (χ0) is 14.3. The molecule has 0 aliphatic rings. The van der Waals surface area contributed by atoms with Crippen molar-refractivity contribution >= 4 is 27.3 Å². The monoisotopic (exact) mass is 328 g/mol. The van der Waals surface area contributed by atoms with Gasteiger partial charge in [-0.25, -0.2) is 0 Å². The normalized spacial score (nSPS) is 12.2. The number of hydrogen-bond acceptors (Lipinski definition) is 3. The lowest BCUT2D eigenvalue weighted by Gasteiger charge is -2.16. The van der Waals surface area contributed by atoms with Gasteiger partial charge in [0, 0.05) is 17.1 Å². The Kier molecular flexibility index (Phi) is 6.84. The summed E-state index contributed by atoms with van der Waals surface area (Å²) in [7, 11) is 0. The molecule has 1 N–H and O–H groups in total. The summed E-state index contributed by atoms with van der Waals surface area (Å²) in [4.78, 5) is 10.7. The van der Waals surface area contributed by atoms with E-state index in [4.69, 9.17) is 0 Å². The Labute approximate surface area is 122 Å². The molecule has 0 spiro atoms. The number of unbranched alkanes of at least 4 members (excludes halogenated alkanes) is 1. The van der Waals surface area contributed by atoms with Crippen molar-refractivity contribution in [1.82, 2.24) is 0 Å². The van der Waals surface area contributed by atoms with Crippen LogP contribution < -0.4 is 5.32 Å². The summed E-state index contributed by atoms with van der Waals surface area (Å²) in [6.07, 6.45) is 4.67. The zero-order valence-electron chi connectivity index (χ0n) is 11.5. The van der Waals surface area contributed by atoms with Gasteiger partial charge >= 0.3 is 0 Å². The minimum atomic E-state index is -0.347. The van der Waals surface area contributed by atoms with Crippen molar-refractivity contribution < 1.29 is 4.92 Å². The summed E-state index contributed by atoms with van der Waals surface area (Å²) in [6.45, 7) is 5.14. The van der Waals surface area contributed by atoms with Gasteiger partial charge in [-0.1, -0.05) is 49.0 Å². The number of nitro groups is 1. The van der Waals surface area contributed by atoms with Gasteiger partial charge in [0.25, 0.3) is 5.69 Å². The van der Waals surface area contributed by atoms with Crippen molar-refractivity contribution in [2.45, 2.75) is 39.5 Å². The van der Waals surface area contributed by atoms with Gasteiger partial charge in [-0.15, -0.1) is 0 Å². The third kappa shape index (κ3) is 5.19. The molecule has 5 heteroatoms. The summed E-state index contributed by atoms with van der Waals surface area (Å²) >= 11 is 3.26. The number of halogens is 1. The van der Waals surface area contributed by atoms with Crippen LogP contribution in [0.25, 0.3) is 0 Å². The zero-order valence-corrected chi connectivity index (χ0v) is 13.1. The number of benzene rings is 1. The third-order valence-corrected chi connectivity index (χ3v) is 3.77. The number of nitrogens with zero attached hydrogens (tertiary/aromatic N) is 1. The lowest BCUT2D eigenvalue weighted by atomic mass is 9.99. The Hall–Kier alpha value is -1.10. The number of rotatable bonds is 8. The van der Waals surface area contributed by atoms with E-state index in [9.17, 15) is 10.1 Å². The van der Waals surface area contributed by atoms with Crippen LogP contribution in [-0.2, 0) is 0 Å². The van der Waals surface area contributed by atoms with Crippen LogP contribution in [0.15, 0.2) is 22.7 Å². The summed E-state index contributed by atoms with van der Waals surface area (Å²) < 4.78 is 0.725. The predicted molar refractivity (Wildman–Crippen MR) is 82.6 cm³/mol. The van der Waals surface area contributed by atoms with Crippen LogP contribution in [0.5, 0.6) is 0 Å². The molecule has 0 radical (unpaired) electrons. The molecule has 4 nitrogen and oxygen atoms in total. The molecule has 0 aromatic heterocycles. The van der Waals surface area contributed by atoms with Crippen LogP contribution in [0.4, 0.5) is 11.4 Å². The van der Waals surface area contributed by atoms with E-state index in [1.54, 1.807) is 6.07 Å². The maximum absolute atomic E-state index is 11.0. The third-order valence-electron chi connectivity index (χ3n) is 3.28. The van der Waals surface area contributed by atoms with E-state index in [0.29, 0.717) is 11.6 Å². The predicted octanol–water partition coefficient (Wildman–Crippen LogP) is 4.99. The summed E-state index contributed by atoms with van der Waals surface area (Å²) in [5.74, 6) is 0.572. The van der Waals surface area contributed by atoms with Crippen molar-refractivity contribution in [2.24, 2.45) is 5.92 Å². The van der Waals surface area contributed by atoms with Gasteiger partial charge in [-0.05, 0) is 24.5 Å². The Morgan fingerprint density at radius 1 is 1.42 bits per heavy atom. The standard InChI is InChI=1S/C14H21BrN2O2/c1-3-5-6-11(4-2)10-16-13-8-7-12(15)9-14(13)17(18)19/h7-9,11,16H,3-6,10H2,1-2H3. The Bertz CT molecular complexity index is 424. The van der Waals surface area contributed by atoms with Crippen molar-refractivity contribution in [2.75, 3.05) is 11.9 Å². The van der Waals surface area contributed by atoms with Gasteiger partial charge in [0.15, 0.2) is 0 Å². The van der Waals surface area contributed by atoms with Crippen LogP contribution in [0.2, 0.25) is 0 Å². The minimum Gasteiger partial charge on any atom is -0.379 e. The molecular weight excluding hydrogens is 308 g/mol. The summed E-state index contributed by atoms with van der Waals surface area (Å²) in [6, 6.07) is 5.12. The molecule has 0 amide bonds. The van der Waals surface area contributed by atoms with Crippen LogP contribution >= 0.6 is 15.9 Å². The molecule has 19 heavy (non-hydrogen) atoms. The largest absolute Gasteiger partial charge is 0.379 e. The first-order valence-electron chi connectivity index (χ1n) is 6.76. The Balaban J connectivity index is 2.68. The van der Waals surface area contributed by atoms with Crippen molar-refractivity contribution in [3.8, 4) is 0 Å². The first kappa shape index (κ1) is 16.0. The van der Waals surface area contributed by atoms with Gasteiger partial charge in [-0.2, -0.15) is 0 Å². The minimum absolute atomic E-state index is 0.125. The molecule has 1 aromatic carbocycles. The maximum atomic E-state index is 11.0. The number of nitro benzene ring substituents is 1. The first-order valence-corrected chi connectivity index (χ1v) is 7.55. The molecule has 1 unspecified atom stereocenters. The van der Waals surface area contributed by atoms with E-state index in [-0.39, 0.29) is 10.6 Å². The highest BCUT2D eigenvalue weighted by molar-refractivity contribution is 9.10. The molecule has 0 fully saturated rings. The second-order valence-corrected chi connectivity index (χ2v) is 5.63. The molecule has 1 atom stereocenters. The van der Waals surface area contributed by atoms with E-state index >= 15 is 0 Å². The number of anilines is 1. The lowest BCUT2D eigenvalue weighted by molar-refractivity contribution is -0.384. The molecule has 1 aromatic rings. The molecule has 0 heterocycles. The van der Waals surface area contributed by atoms with E-state index in [1.165, 1.54) is 25.3 Å². The van der Waals surface area contributed by atoms with Gasteiger partial charge in [0.2, 0.25) is 0 Å². The van der Waals surface area contributed by atoms with Gasteiger partial charge in [0.05, 0.1) is 4.92 Å². The molecule has 106 valence electrons. The van der Waals surface area contributed by atoms with Gasteiger partial charge in [0.1, 0.15) is 5.69 Å². The van der Waals surface area contributed by atoms with E-state index in [0.717, 1.165) is 17.4 Å². The highest BCUT2D eigenvalue weighted by atomic mass is 79.9. The highest BCUT2D eigenvalue weighted by Crippen LogP contribution is 2.28. The molecule has 0 saturated carbocycles. The van der Waals surface area contributed by atoms with Crippen LogP contribution in [-0.4, -0.2) is 11.5 Å². The lowest BCUT2D eigenvalue weighted by Crippen LogP contribution is -2.14. The Morgan fingerprint density at radius 3 is 2.74 bits per heavy atom. The fraction of sp³-hybridized carbons (Fsp3) is 0.571. The first-order chi connectivity index (χ1) is 9.08. The molecular formula is C14H21BrN2O2. The molecule has 0 aliphatic heterocycles. The molecule has 0 bridgehead atoms. The second-order valence-electron chi connectivity index (χ2n) is 4.72. The van der Waals surface area contributed by atoms with Crippen LogP contribution in [0.3, 0.4) is 0 Å². The van der Waals surface area contributed by atoms with Crippen LogP contribution in [0, 0.1) is 16.0 Å². The van der Waals surface area contributed by atoms with E-state index in [2.05, 4.69) is 35.1 Å². The topological polar surface area (TPSA) is 55.2 Å². The average Bonchev–Trinajstić information content (AvgIpc) is 2.40. The van der Waals surface area contributed by atoms with Crippen molar-refractivity contribution in [1.29, 1.82) is 0 Å². The quantitative estimate of drug-likeness (QED) is 0.540. The summed E-state index contributed by atoms with van der Waals surface area (Å²) in [5.41, 5.74) is 0.725. The molecule has 1 rings (SSSR count). The van der Waals surface area contributed by atoms with E-state index < -0.39 is 0 Å². The Morgan fingerprint density at radius 2 is 2.16 bits per heavy atom. The second kappa shape index (κ2) is 8.15. The van der Waals surface area contributed by atoms with Gasteiger partial charge < -0.3 is 5.32 Å². The van der Waals surface area contributed by atoms with E-state index in [1.807, 2.05) is 6.07 Å². The maximum Gasteiger partial charge on any atom is 0.293 e. The van der Waals surface area contributed by atoms with Crippen LogP contribution in [0.1, 0.15) is 39.5 Å². The molecule has 0 aliphatic carbocycles. The van der Waals surface area contributed by atoms with Gasteiger partial charge in [-0.3, -0.25) is 10.1 Å². The van der Waals surface area contributed by atoms with Crippen molar-refractivity contribution in [3.63, 3.8) is 0 Å². The SMILES string of the molecule is CCCCC(CC)CNc1ccc(Br)cc1[N+](=O)[O-]. The average molecular weight is 329 g/mol. The number of hydrogen-bond donors (Lipinski definition) is 1. The smallest absolute Gasteiger partial charge is 0.293 e.